The number of pyridine rings is 1. The largest absolute Gasteiger partial charge is 0.309 e. The fourth-order valence-corrected chi connectivity index (χ4v) is 10.0. The predicted octanol–water partition coefficient (Wildman–Crippen LogP) is 16.9. The van der Waals surface area contributed by atoms with E-state index in [0.717, 1.165) is 78.0 Å². The first kappa shape index (κ1) is 40.1. The van der Waals surface area contributed by atoms with E-state index in [0.29, 0.717) is 5.82 Å². The van der Waals surface area contributed by atoms with Gasteiger partial charge in [0.2, 0.25) is 0 Å². The molecule has 3 heterocycles. The normalized spacial score (nSPS) is 11.5. The summed E-state index contributed by atoms with van der Waals surface area (Å²) in [6.45, 7) is 0. The highest BCUT2D eigenvalue weighted by atomic mass is 15.0. The Bertz CT molecular complexity index is 3910. The molecule has 0 aliphatic rings. The molecule has 0 aliphatic heterocycles. The fraction of sp³-hybridized carbons (Fsp3) is 0. The van der Waals surface area contributed by atoms with Gasteiger partial charge in [-0.2, -0.15) is 0 Å². The van der Waals surface area contributed by atoms with E-state index in [1.165, 1.54) is 43.9 Å². The Balaban J connectivity index is 0.894. The summed E-state index contributed by atoms with van der Waals surface area (Å²) in [4.78, 5) is 15.8. The molecule has 13 aromatic rings. The van der Waals surface area contributed by atoms with Gasteiger partial charge in [-0.3, -0.25) is 0 Å². The lowest BCUT2D eigenvalue weighted by atomic mass is 9.94. The van der Waals surface area contributed by atoms with Crippen LogP contribution in [0.5, 0.6) is 0 Å². The number of aromatic nitrogens is 4. The van der Waals surface area contributed by atoms with Gasteiger partial charge in [0, 0.05) is 54.9 Å². The van der Waals surface area contributed by atoms with Crippen LogP contribution in [0.1, 0.15) is 0 Å². The molecule has 0 spiro atoms. The van der Waals surface area contributed by atoms with E-state index in [-0.39, 0.29) is 0 Å². The summed E-state index contributed by atoms with van der Waals surface area (Å²) in [6.07, 6.45) is 0. The summed E-state index contributed by atoms with van der Waals surface area (Å²) in [5.41, 5.74) is 18.2. The molecular weight excluding hydrogens is 837 g/mol. The smallest absolute Gasteiger partial charge is 0.160 e. The monoisotopic (exact) mass is 878 g/mol. The quantitative estimate of drug-likeness (QED) is 0.143. The zero-order chi connectivity index (χ0) is 45.7. The zero-order valence-electron chi connectivity index (χ0n) is 37.5. The molecule has 322 valence electrons. The molecule has 0 aliphatic carbocycles. The Morgan fingerprint density at radius 1 is 0.261 bits per heavy atom. The third-order valence-corrected chi connectivity index (χ3v) is 13.4. The minimum atomic E-state index is 0.683. The molecule has 4 nitrogen and oxygen atoms in total. The Hall–Kier alpha value is -9.25. The first-order chi connectivity index (χ1) is 34.2. The van der Waals surface area contributed by atoms with Crippen LogP contribution >= 0.6 is 0 Å². The van der Waals surface area contributed by atoms with Crippen LogP contribution in [0, 0.1) is 0 Å². The number of hydrogen-bond donors (Lipinski definition) is 0. The predicted molar refractivity (Wildman–Crippen MR) is 287 cm³/mol. The molecule has 0 atom stereocenters. The van der Waals surface area contributed by atoms with Crippen LogP contribution in [0.25, 0.3) is 128 Å². The standard InChI is InChI=1S/C65H42N4/c1-4-15-43(16-5-1)45-27-33-48(34-28-45)58-42-59(68-65(67-58)50-37-31-46(32-38-50)44-17-6-2-7-18-44)49-35-29-47(30-36-49)51-19-14-20-52(41-51)64-56-39-40-61-63(62(56)54-23-10-12-25-57(54)66-64)55-24-11-13-26-60(55)69(61)53-21-8-3-9-22-53/h1-42H. The van der Waals surface area contributed by atoms with E-state index >= 15 is 0 Å². The third kappa shape index (κ3) is 7.23. The van der Waals surface area contributed by atoms with Crippen LogP contribution < -0.4 is 0 Å². The van der Waals surface area contributed by atoms with Crippen LogP contribution in [0.4, 0.5) is 0 Å². The van der Waals surface area contributed by atoms with Gasteiger partial charge < -0.3 is 4.57 Å². The van der Waals surface area contributed by atoms with Crippen molar-refractivity contribution in [3.8, 4) is 84.2 Å². The molecular formula is C65H42N4. The zero-order valence-corrected chi connectivity index (χ0v) is 37.5. The van der Waals surface area contributed by atoms with Crippen LogP contribution in [0.2, 0.25) is 0 Å². The number of para-hydroxylation sites is 3. The molecule has 3 aromatic heterocycles. The lowest BCUT2D eigenvalue weighted by Crippen LogP contribution is -1.96. The first-order valence-corrected chi connectivity index (χ1v) is 23.4. The Kier molecular flexibility index (Phi) is 9.80. The number of rotatable bonds is 8. The molecule has 0 saturated carbocycles. The highest BCUT2D eigenvalue weighted by Gasteiger charge is 2.20. The molecule has 4 heteroatoms. The van der Waals surface area contributed by atoms with E-state index in [2.05, 4.69) is 247 Å². The molecule has 0 fully saturated rings. The average Bonchev–Trinajstić information content (AvgIpc) is 3.78. The summed E-state index contributed by atoms with van der Waals surface area (Å²) in [6, 6.07) is 90.3. The lowest BCUT2D eigenvalue weighted by molar-refractivity contribution is 1.18. The van der Waals surface area contributed by atoms with Crippen molar-refractivity contribution < 1.29 is 0 Å². The van der Waals surface area contributed by atoms with Crippen LogP contribution in [0.3, 0.4) is 0 Å². The van der Waals surface area contributed by atoms with Gasteiger partial charge in [0.05, 0.1) is 33.6 Å². The van der Waals surface area contributed by atoms with E-state index in [9.17, 15) is 0 Å². The highest BCUT2D eigenvalue weighted by Crippen LogP contribution is 2.43. The molecule has 69 heavy (non-hydrogen) atoms. The minimum absolute atomic E-state index is 0.683. The molecule has 0 unspecified atom stereocenters. The van der Waals surface area contributed by atoms with E-state index in [1.807, 2.05) is 12.1 Å². The van der Waals surface area contributed by atoms with Crippen molar-refractivity contribution in [3.63, 3.8) is 0 Å². The number of nitrogens with zero attached hydrogens (tertiary/aromatic N) is 4. The summed E-state index contributed by atoms with van der Waals surface area (Å²) < 4.78 is 2.39. The topological polar surface area (TPSA) is 43.6 Å². The summed E-state index contributed by atoms with van der Waals surface area (Å²) in [5, 5.41) is 5.96. The van der Waals surface area contributed by atoms with Crippen molar-refractivity contribution in [1.82, 2.24) is 19.5 Å². The molecule has 13 rings (SSSR count). The summed E-state index contributed by atoms with van der Waals surface area (Å²) in [5.74, 6) is 0.683. The van der Waals surface area contributed by atoms with Crippen molar-refractivity contribution in [1.29, 1.82) is 0 Å². The van der Waals surface area contributed by atoms with Gasteiger partial charge >= 0.3 is 0 Å². The van der Waals surface area contributed by atoms with E-state index in [4.69, 9.17) is 15.0 Å². The van der Waals surface area contributed by atoms with Crippen molar-refractivity contribution >= 4 is 43.5 Å². The van der Waals surface area contributed by atoms with Gasteiger partial charge in [-0.1, -0.05) is 212 Å². The number of hydrogen-bond acceptors (Lipinski definition) is 3. The molecule has 0 radical (unpaired) electrons. The van der Waals surface area contributed by atoms with Crippen molar-refractivity contribution in [2.45, 2.75) is 0 Å². The van der Waals surface area contributed by atoms with Crippen LogP contribution in [-0.4, -0.2) is 19.5 Å². The Labute approximate surface area is 400 Å². The number of fused-ring (bicyclic) bond motifs is 7. The van der Waals surface area contributed by atoms with Gasteiger partial charge in [0.1, 0.15) is 0 Å². The molecule has 0 N–H and O–H groups in total. The second-order valence-corrected chi connectivity index (χ2v) is 17.6. The number of benzene rings is 10. The minimum Gasteiger partial charge on any atom is -0.309 e. The maximum Gasteiger partial charge on any atom is 0.160 e. The van der Waals surface area contributed by atoms with E-state index in [1.54, 1.807) is 0 Å². The van der Waals surface area contributed by atoms with Gasteiger partial charge in [-0.15, -0.1) is 0 Å². The average molecular weight is 879 g/mol. The van der Waals surface area contributed by atoms with Crippen LogP contribution in [0.15, 0.2) is 255 Å². The first-order valence-electron chi connectivity index (χ1n) is 23.4. The van der Waals surface area contributed by atoms with Gasteiger partial charge in [-0.05, 0) is 75.8 Å². The van der Waals surface area contributed by atoms with Gasteiger partial charge in [0.15, 0.2) is 5.82 Å². The molecule has 10 aromatic carbocycles. The summed E-state index contributed by atoms with van der Waals surface area (Å²) >= 11 is 0. The molecule has 0 bridgehead atoms. The maximum absolute atomic E-state index is 5.40. The van der Waals surface area contributed by atoms with Crippen molar-refractivity contribution in [2.24, 2.45) is 0 Å². The van der Waals surface area contributed by atoms with Gasteiger partial charge in [-0.25, -0.2) is 15.0 Å². The summed E-state index contributed by atoms with van der Waals surface area (Å²) in [7, 11) is 0. The lowest BCUT2D eigenvalue weighted by Gasteiger charge is -2.14. The SMILES string of the molecule is c1ccc(-c2ccc(-c3cc(-c4ccc(-c5cccc(-c6nc7ccccc7c7c6ccc6c7c7ccccc7n6-c6ccccc6)c5)cc4)nc(-c4ccc(-c5ccccc5)cc4)n3)cc2)cc1. The van der Waals surface area contributed by atoms with E-state index < -0.39 is 0 Å². The second kappa shape index (κ2) is 16.9. The maximum atomic E-state index is 5.40. The Morgan fingerprint density at radius 3 is 1.38 bits per heavy atom. The molecule has 0 saturated heterocycles. The fourth-order valence-electron chi connectivity index (χ4n) is 10.0. The molecule has 0 amide bonds. The second-order valence-electron chi connectivity index (χ2n) is 17.6. The van der Waals surface area contributed by atoms with Crippen LogP contribution in [-0.2, 0) is 0 Å². The highest BCUT2D eigenvalue weighted by molar-refractivity contribution is 6.29. The van der Waals surface area contributed by atoms with Gasteiger partial charge in [0.25, 0.3) is 0 Å². The Morgan fingerprint density at radius 2 is 0.739 bits per heavy atom. The third-order valence-electron chi connectivity index (χ3n) is 13.4. The van der Waals surface area contributed by atoms with Crippen molar-refractivity contribution in [2.75, 3.05) is 0 Å². The van der Waals surface area contributed by atoms with Crippen molar-refractivity contribution in [3.05, 3.63) is 255 Å².